The topological polar surface area (TPSA) is 54.5 Å². The third kappa shape index (κ3) is 1.92. The first kappa shape index (κ1) is 10.7. The van der Waals surface area contributed by atoms with Gasteiger partial charge >= 0.3 is 0 Å². The van der Waals surface area contributed by atoms with Crippen molar-refractivity contribution in [3.63, 3.8) is 0 Å². The minimum absolute atomic E-state index is 0.357. The largest absolute Gasteiger partial charge is 0.273 e. The fourth-order valence-electron chi connectivity index (χ4n) is 1.62. The summed E-state index contributed by atoms with van der Waals surface area (Å²) in [6, 6.07) is 7.86. The van der Waals surface area contributed by atoms with Crippen LogP contribution in [0.1, 0.15) is 0 Å². The van der Waals surface area contributed by atoms with Crippen LogP contribution < -0.4 is 0 Å². The molecule has 0 atom stereocenters. The van der Waals surface area contributed by atoms with E-state index in [-0.39, 0.29) is 0 Å². The van der Waals surface area contributed by atoms with Gasteiger partial charge in [0.1, 0.15) is 10.7 Å². The Morgan fingerprint density at radius 1 is 1.29 bits per heavy atom. The third-order valence-electron chi connectivity index (χ3n) is 2.35. The molecule has 3 aromatic rings. The average Bonchev–Trinajstić information content (AvgIpc) is 2.71. The Hall–Kier alpha value is -1.46. The molecular weight excluding hydrogens is 304 g/mol. The quantitative estimate of drug-likeness (QED) is 0.749. The van der Waals surface area contributed by atoms with Crippen molar-refractivity contribution in [3.05, 3.63) is 40.1 Å². The zero-order valence-corrected chi connectivity index (χ0v) is 10.8. The number of fused-ring (bicyclic) bond motifs is 1. The summed E-state index contributed by atoms with van der Waals surface area (Å²) in [7, 11) is 0. The van der Waals surface area contributed by atoms with Crippen LogP contribution in [0, 0.1) is 0 Å². The van der Waals surface area contributed by atoms with Gasteiger partial charge in [0.2, 0.25) is 0 Å². The molecule has 6 heteroatoms. The van der Waals surface area contributed by atoms with E-state index in [2.05, 4.69) is 36.1 Å². The minimum atomic E-state index is 0.357. The second-order valence-electron chi connectivity index (χ2n) is 3.47. The van der Waals surface area contributed by atoms with Gasteiger partial charge in [0, 0.05) is 10.0 Å². The molecular formula is C11H6BrClN4. The van der Waals surface area contributed by atoms with Crippen molar-refractivity contribution in [1.82, 2.24) is 20.2 Å². The Bertz CT molecular complexity index is 695. The third-order valence-corrected chi connectivity index (χ3v) is 3.02. The molecule has 3 rings (SSSR count). The Morgan fingerprint density at radius 2 is 2.18 bits per heavy atom. The molecule has 0 bridgehead atoms. The minimum Gasteiger partial charge on any atom is -0.273 e. The van der Waals surface area contributed by atoms with Crippen molar-refractivity contribution in [1.29, 1.82) is 0 Å². The molecule has 0 saturated heterocycles. The number of nitrogens with one attached hydrogen (secondary N) is 1. The van der Waals surface area contributed by atoms with Gasteiger partial charge in [0.15, 0.2) is 5.65 Å². The van der Waals surface area contributed by atoms with Crippen molar-refractivity contribution < 1.29 is 0 Å². The number of nitrogens with zero attached hydrogens (tertiary/aromatic N) is 3. The molecule has 1 N–H and O–H groups in total. The van der Waals surface area contributed by atoms with E-state index in [1.807, 2.05) is 24.3 Å². The first-order valence-electron chi connectivity index (χ1n) is 4.86. The van der Waals surface area contributed by atoms with Gasteiger partial charge < -0.3 is 0 Å². The van der Waals surface area contributed by atoms with Gasteiger partial charge in [0.05, 0.1) is 11.9 Å². The number of H-pyrrole nitrogens is 1. The average molecular weight is 310 g/mol. The molecule has 1 aromatic carbocycles. The highest BCUT2D eigenvalue weighted by atomic mass is 79.9. The summed E-state index contributed by atoms with van der Waals surface area (Å²) in [4.78, 5) is 8.34. The SMILES string of the molecule is Clc1cnc2n[nH]c(-c3cccc(Br)c3)c2n1. The van der Waals surface area contributed by atoms with Crippen molar-refractivity contribution in [3.8, 4) is 11.3 Å². The number of rotatable bonds is 1. The van der Waals surface area contributed by atoms with E-state index in [9.17, 15) is 0 Å². The van der Waals surface area contributed by atoms with E-state index in [1.165, 1.54) is 6.20 Å². The maximum absolute atomic E-state index is 5.84. The zero-order chi connectivity index (χ0) is 11.8. The lowest BCUT2D eigenvalue weighted by Crippen LogP contribution is -1.83. The molecule has 2 heterocycles. The van der Waals surface area contributed by atoms with Crippen molar-refractivity contribution in [2.24, 2.45) is 0 Å². The van der Waals surface area contributed by atoms with E-state index in [1.54, 1.807) is 0 Å². The molecule has 84 valence electrons. The van der Waals surface area contributed by atoms with Gasteiger partial charge in [0.25, 0.3) is 0 Å². The standard InChI is InChI=1S/C11H6BrClN4/c12-7-3-1-2-6(4-7)9-10-11(17-16-9)14-5-8(13)15-10/h1-5H,(H,14,16,17). The molecule has 0 aliphatic heterocycles. The number of halogens is 2. The lowest BCUT2D eigenvalue weighted by Gasteiger charge is -1.98. The van der Waals surface area contributed by atoms with E-state index < -0.39 is 0 Å². The number of benzene rings is 1. The summed E-state index contributed by atoms with van der Waals surface area (Å²) in [5, 5.41) is 7.38. The van der Waals surface area contributed by atoms with Gasteiger partial charge in [-0.1, -0.05) is 39.7 Å². The second kappa shape index (κ2) is 4.09. The van der Waals surface area contributed by atoms with Crippen LogP contribution in [0.15, 0.2) is 34.9 Å². The molecule has 0 aliphatic carbocycles. The molecule has 0 aliphatic rings. The number of aromatic nitrogens is 4. The molecule has 0 radical (unpaired) electrons. The first-order valence-corrected chi connectivity index (χ1v) is 6.04. The molecule has 17 heavy (non-hydrogen) atoms. The monoisotopic (exact) mass is 308 g/mol. The van der Waals surface area contributed by atoms with Gasteiger partial charge in [-0.3, -0.25) is 5.10 Å². The molecule has 0 unspecified atom stereocenters. The summed E-state index contributed by atoms with van der Waals surface area (Å²) in [6.45, 7) is 0. The highest BCUT2D eigenvalue weighted by molar-refractivity contribution is 9.10. The van der Waals surface area contributed by atoms with Crippen LogP contribution in [0.2, 0.25) is 5.15 Å². The zero-order valence-electron chi connectivity index (χ0n) is 8.48. The number of hydrogen-bond donors (Lipinski definition) is 1. The van der Waals surface area contributed by atoms with Gasteiger partial charge in [-0.25, -0.2) is 9.97 Å². The lowest BCUT2D eigenvalue weighted by atomic mass is 10.1. The molecule has 0 saturated carbocycles. The van der Waals surface area contributed by atoms with E-state index in [0.29, 0.717) is 16.3 Å². The van der Waals surface area contributed by atoms with E-state index >= 15 is 0 Å². The number of aromatic amines is 1. The van der Waals surface area contributed by atoms with Gasteiger partial charge in [-0.15, -0.1) is 0 Å². The van der Waals surface area contributed by atoms with Crippen LogP contribution in [0.25, 0.3) is 22.4 Å². The highest BCUT2D eigenvalue weighted by Gasteiger charge is 2.10. The first-order chi connectivity index (χ1) is 8.24. The smallest absolute Gasteiger partial charge is 0.200 e. The van der Waals surface area contributed by atoms with Crippen LogP contribution in [-0.4, -0.2) is 20.2 Å². The Labute approximate surface area is 110 Å². The molecule has 4 nitrogen and oxygen atoms in total. The maximum Gasteiger partial charge on any atom is 0.200 e. The maximum atomic E-state index is 5.84. The van der Waals surface area contributed by atoms with Crippen LogP contribution in [0.5, 0.6) is 0 Å². The van der Waals surface area contributed by atoms with Crippen molar-refractivity contribution >= 4 is 38.7 Å². The number of hydrogen-bond acceptors (Lipinski definition) is 3. The van der Waals surface area contributed by atoms with Crippen LogP contribution in [0.3, 0.4) is 0 Å². The van der Waals surface area contributed by atoms with Crippen LogP contribution in [0.4, 0.5) is 0 Å². The second-order valence-corrected chi connectivity index (χ2v) is 4.78. The molecule has 2 aromatic heterocycles. The van der Waals surface area contributed by atoms with Crippen LogP contribution >= 0.6 is 27.5 Å². The van der Waals surface area contributed by atoms with Crippen molar-refractivity contribution in [2.45, 2.75) is 0 Å². The van der Waals surface area contributed by atoms with E-state index in [0.717, 1.165) is 15.7 Å². The predicted molar refractivity (Wildman–Crippen MR) is 69.8 cm³/mol. The predicted octanol–water partition coefficient (Wildman–Crippen LogP) is 3.44. The fourth-order valence-corrected chi connectivity index (χ4v) is 2.15. The Balaban J connectivity index is 2.27. The molecule has 0 amide bonds. The van der Waals surface area contributed by atoms with Gasteiger partial charge in [-0.2, -0.15) is 5.10 Å². The summed E-state index contributed by atoms with van der Waals surface area (Å²) in [6.07, 6.45) is 1.48. The normalized spacial score (nSPS) is 10.9. The Morgan fingerprint density at radius 3 is 3.00 bits per heavy atom. The summed E-state index contributed by atoms with van der Waals surface area (Å²) in [5.41, 5.74) is 3.04. The van der Waals surface area contributed by atoms with Crippen LogP contribution in [-0.2, 0) is 0 Å². The van der Waals surface area contributed by atoms with Crippen molar-refractivity contribution in [2.75, 3.05) is 0 Å². The molecule has 0 spiro atoms. The Kier molecular flexibility index (Phi) is 2.57. The molecule has 0 fully saturated rings. The summed E-state index contributed by atoms with van der Waals surface area (Å²) in [5.74, 6) is 0. The summed E-state index contributed by atoms with van der Waals surface area (Å²) < 4.78 is 0.993. The van der Waals surface area contributed by atoms with Gasteiger partial charge in [-0.05, 0) is 12.1 Å². The van der Waals surface area contributed by atoms with E-state index in [4.69, 9.17) is 11.6 Å². The lowest BCUT2D eigenvalue weighted by molar-refractivity contribution is 1.10. The highest BCUT2D eigenvalue weighted by Crippen LogP contribution is 2.26. The summed E-state index contributed by atoms with van der Waals surface area (Å²) >= 11 is 9.27. The fraction of sp³-hybridized carbons (Fsp3) is 0.